The van der Waals surface area contributed by atoms with Crippen LogP contribution in [0.15, 0.2) is 89.4 Å². The van der Waals surface area contributed by atoms with Gasteiger partial charge in [0.1, 0.15) is 6.04 Å². The lowest BCUT2D eigenvalue weighted by Crippen LogP contribution is -2.45. The van der Waals surface area contributed by atoms with Gasteiger partial charge >= 0.3 is 0 Å². The second-order valence-corrected chi connectivity index (χ2v) is 6.91. The van der Waals surface area contributed by atoms with Crippen LogP contribution in [0.5, 0.6) is 0 Å². The van der Waals surface area contributed by atoms with Crippen LogP contribution in [-0.4, -0.2) is 17.9 Å². The lowest BCUT2D eigenvalue weighted by molar-refractivity contribution is -0.118. The highest BCUT2D eigenvalue weighted by Crippen LogP contribution is 2.16. The Kier molecular flexibility index (Phi) is 6.39. The highest BCUT2D eigenvalue weighted by Gasteiger charge is 2.23. The van der Waals surface area contributed by atoms with E-state index in [4.69, 9.17) is 0 Å². The average molecular weight is 423 g/mol. The van der Waals surface area contributed by atoms with E-state index in [2.05, 4.69) is 26.6 Å². The minimum absolute atomic E-state index is 0.259. The zero-order valence-corrected chi connectivity index (χ0v) is 16.1. The summed E-state index contributed by atoms with van der Waals surface area (Å²) in [6, 6.07) is 25.3. The number of rotatable bonds is 6. The van der Waals surface area contributed by atoms with Crippen LogP contribution in [0.2, 0.25) is 0 Å². The van der Waals surface area contributed by atoms with Gasteiger partial charge in [0.15, 0.2) is 0 Å². The summed E-state index contributed by atoms with van der Waals surface area (Å²) in [7, 11) is 0. The smallest absolute Gasteiger partial charge is 0.253 e. The zero-order valence-electron chi connectivity index (χ0n) is 14.6. The molecule has 4 nitrogen and oxygen atoms in total. The predicted octanol–water partition coefficient (Wildman–Crippen LogP) is 4.43. The molecule has 0 spiro atoms. The zero-order chi connectivity index (χ0) is 19.1. The number of hydrogen-bond donors (Lipinski definition) is 2. The van der Waals surface area contributed by atoms with E-state index in [0.29, 0.717) is 22.1 Å². The SMILES string of the molecule is O=C(NC(Cc1ccccc1)C(=O)Nc1ccccc1)c1ccccc1Br. The largest absolute Gasteiger partial charge is 0.340 e. The predicted molar refractivity (Wildman–Crippen MR) is 111 cm³/mol. The Hall–Kier alpha value is -2.92. The molecule has 0 saturated carbocycles. The van der Waals surface area contributed by atoms with Crippen molar-refractivity contribution < 1.29 is 9.59 Å². The van der Waals surface area contributed by atoms with Crippen molar-refractivity contribution in [1.82, 2.24) is 5.32 Å². The first-order valence-electron chi connectivity index (χ1n) is 8.59. The standard InChI is InChI=1S/C22H19BrN2O2/c23-19-14-8-7-13-18(19)21(26)25-20(15-16-9-3-1-4-10-16)22(27)24-17-11-5-2-6-12-17/h1-14,20H,15H2,(H,24,27)(H,25,26). The van der Waals surface area contributed by atoms with Crippen molar-refractivity contribution in [3.63, 3.8) is 0 Å². The van der Waals surface area contributed by atoms with Gasteiger partial charge in [0.2, 0.25) is 5.91 Å². The van der Waals surface area contributed by atoms with Gasteiger partial charge in [0.05, 0.1) is 5.56 Å². The quantitative estimate of drug-likeness (QED) is 0.617. The minimum atomic E-state index is -0.702. The number of halogens is 1. The van der Waals surface area contributed by atoms with Crippen molar-refractivity contribution in [3.05, 3.63) is 101 Å². The summed E-state index contributed by atoms with van der Waals surface area (Å²) in [6.07, 6.45) is 0.399. The Bertz CT molecular complexity index is 914. The summed E-state index contributed by atoms with van der Waals surface area (Å²) in [5, 5.41) is 5.73. The van der Waals surface area contributed by atoms with Gasteiger partial charge < -0.3 is 10.6 Å². The van der Waals surface area contributed by atoms with E-state index in [-0.39, 0.29) is 11.8 Å². The van der Waals surface area contributed by atoms with E-state index in [9.17, 15) is 9.59 Å². The molecule has 0 radical (unpaired) electrons. The second-order valence-electron chi connectivity index (χ2n) is 6.05. The summed E-state index contributed by atoms with van der Waals surface area (Å²) in [5.74, 6) is -0.558. The van der Waals surface area contributed by atoms with E-state index in [0.717, 1.165) is 5.56 Å². The fourth-order valence-electron chi connectivity index (χ4n) is 2.69. The van der Waals surface area contributed by atoms with Crippen molar-refractivity contribution in [2.24, 2.45) is 0 Å². The third-order valence-electron chi connectivity index (χ3n) is 4.06. The lowest BCUT2D eigenvalue weighted by atomic mass is 10.0. The third-order valence-corrected chi connectivity index (χ3v) is 4.76. The van der Waals surface area contributed by atoms with Crippen LogP contribution in [0.1, 0.15) is 15.9 Å². The molecule has 27 heavy (non-hydrogen) atoms. The summed E-state index contributed by atoms with van der Waals surface area (Å²) in [4.78, 5) is 25.5. The first kappa shape index (κ1) is 18.9. The molecular weight excluding hydrogens is 404 g/mol. The number of anilines is 1. The molecule has 0 aliphatic heterocycles. The minimum Gasteiger partial charge on any atom is -0.340 e. The van der Waals surface area contributed by atoms with Crippen molar-refractivity contribution in [3.8, 4) is 0 Å². The van der Waals surface area contributed by atoms with Crippen molar-refractivity contribution in [2.45, 2.75) is 12.5 Å². The van der Waals surface area contributed by atoms with E-state index in [1.165, 1.54) is 0 Å². The average Bonchev–Trinajstić information content (AvgIpc) is 2.69. The fourth-order valence-corrected chi connectivity index (χ4v) is 3.16. The maximum Gasteiger partial charge on any atom is 0.253 e. The fraction of sp³-hybridized carbons (Fsp3) is 0.0909. The highest BCUT2D eigenvalue weighted by molar-refractivity contribution is 9.10. The van der Waals surface area contributed by atoms with Crippen LogP contribution < -0.4 is 10.6 Å². The van der Waals surface area contributed by atoms with Crippen LogP contribution in [0.4, 0.5) is 5.69 Å². The maximum absolute atomic E-state index is 12.8. The maximum atomic E-state index is 12.8. The number of amides is 2. The van der Waals surface area contributed by atoms with Crippen LogP contribution in [0, 0.1) is 0 Å². The van der Waals surface area contributed by atoms with Crippen LogP contribution in [0.25, 0.3) is 0 Å². The molecule has 1 unspecified atom stereocenters. The molecule has 0 heterocycles. The summed E-state index contributed by atoms with van der Waals surface area (Å²) in [5.41, 5.74) is 2.15. The van der Waals surface area contributed by atoms with Crippen LogP contribution in [0.3, 0.4) is 0 Å². The Morgan fingerprint density at radius 2 is 1.41 bits per heavy atom. The van der Waals surface area contributed by atoms with Crippen LogP contribution in [-0.2, 0) is 11.2 Å². The van der Waals surface area contributed by atoms with Gasteiger partial charge in [-0.2, -0.15) is 0 Å². The van der Waals surface area contributed by atoms with Gasteiger partial charge in [-0.15, -0.1) is 0 Å². The highest BCUT2D eigenvalue weighted by atomic mass is 79.9. The number of carbonyl (C=O) groups excluding carboxylic acids is 2. The van der Waals surface area contributed by atoms with Gasteiger partial charge in [-0.1, -0.05) is 60.7 Å². The van der Waals surface area contributed by atoms with Gasteiger partial charge in [-0.05, 0) is 45.8 Å². The number of carbonyl (C=O) groups is 2. The monoisotopic (exact) mass is 422 g/mol. The van der Waals surface area contributed by atoms with Crippen molar-refractivity contribution >= 4 is 33.4 Å². The molecule has 0 bridgehead atoms. The molecular formula is C22H19BrN2O2. The van der Waals surface area contributed by atoms with Gasteiger partial charge in [0, 0.05) is 16.6 Å². The first-order chi connectivity index (χ1) is 13.1. The molecule has 0 fully saturated rings. The number of para-hydroxylation sites is 1. The Morgan fingerprint density at radius 1 is 0.815 bits per heavy atom. The normalized spacial score (nSPS) is 11.4. The van der Waals surface area contributed by atoms with E-state index < -0.39 is 6.04 Å². The van der Waals surface area contributed by atoms with Gasteiger partial charge in [0.25, 0.3) is 5.91 Å². The lowest BCUT2D eigenvalue weighted by Gasteiger charge is -2.19. The molecule has 2 N–H and O–H groups in total. The van der Waals surface area contributed by atoms with Gasteiger partial charge in [-0.25, -0.2) is 0 Å². The molecule has 0 aromatic heterocycles. The van der Waals surface area contributed by atoms with Crippen molar-refractivity contribution in [1.29, 1.82) is 0 Å². The van der Waals surface area contributed by atoms with E-state index in [1.54, 1.807) is 18.2 Å². The van der Waals surface area contributed by atoms with Crippen molar-refractivity contribution in [2.75, 3.05) is 5.32 Å². The number of hydrogen-bond acceptors (Lipinski definition) is 2. The Balaban J connectivity index is 1.79. The van der Waals surface area contributed by atoms with E-state index >= 15 is 0 Å². The summed E-state index contributed by atoms with van der Waals surface area (Å²) < 4.78 is 0.685. The molecule has 136 valence electrons. The van der Waals surface area contributed by atoms with Gasteiger partial charge in [-0.3, -0.25) is 9.59 Å². The second kappa shape index (κ2) is 9.14. The molecule has 3 aromatic carbocycles. The molecule has 0 saturated heterocycles. The molecule has 0 aliphatic carbocycles. The van der Waals surface area contributed by atoms with E-state index in [1.807, 2.05) is 66.7 Å². The first-order valence-corrected chi connectivity index (χ1v) is 9.38. The Labute approximate surface area is 166 Å². The molecule has 3 aromatic rings. The molecule has 2 amide bonds. The molecule has 1 atom stereocenters. The number of benzene rings is 3. The molecule has 3 rings (SSSR count). The topological polar surface area (TPSA) is 58.2 Å². The van der Waals surface area contributed by atoms with Crippen LogP contribution >= 0.6 is 15.9 Å². The number of nitrogens with one attached hydrogen (secondary N) is 2. The summed E-state index contributed by atoms with van der Waals surface area (Å²) >= 11 is 3.38. The Morgan fingerprint density at radius 3 is 2.07 bits per heavy atom. The third kappa shape index (κ3) is 5.28. The molecule has 0 aliphatic rings. The summed E-state index contributed by atoms with van der Waals surface area (Å²) in [6.45, 7) is 0. The molecule has 5 heteroatoms.